The predicted molar refractivity (Wildman–Crippen MR) is 61.6 cm³/mol. The lowest BCUT2D eigenvalue weighted by Gasteiger charge is -2.36. The normalized spacial score (nSPS) is 25.6. The third-order valence-corrected chi connectivity index (χ3v) is 3.24. The molecule has 0 atom stereocenters. The van der Waals surface area contributed by atoms with E-state index in [0.29, 0.717) is 12.0 Å². The zero-order chi connectivity index (χ0) is 11.5. The molecule has 0 spiro atoms. The van der Waals surface area contributed by atoms with Crippen molar-refractivity contribution in [2.75, 3.05) is 6.54 Å². The maximum absolute atomic E-state index is 11.6. The van der Waals surface area contributed by atoms with Crippen LogP contribution in [-0.4, -0.2) is 24.2 Å². The van der Waals surface area contributed by atoms with Crippen LogP contribution >= 0.6 is 0 Å². The van der Waals surface area contributed by atoms with Gasteiger partial charge in [0.05, 0.1) is 0 Å². The fraction of sp³-hybridized carbons (Fsp3) is 0.909. The van der Waals surface area contributed by atoms with Crippen LogP contribution in [0.1, 0.15) is 40.0 Å². The Hall–Kier alpha value is -0.770. The van der Waals surface area contributed by atoms with Gasteiger partial charge in [0, 0.05) is 11.6 Å². The maximum Gasteiger partial charge on any atom is 0.315 e. The highest BCUT2D eigenvalue weighted by Gasteiger charge is 2.29. The first kappa shape index (κ1) is 12.3. The van der Waals surface area contributed by atoms with Crippen LogP contribution in [0, 0.1) is 5.92 Å². The minimum absolute atomic E-state index is 0.0534. The summed E-state index contributed by atoms with van der Waals surface area (Å²) in [5, 5.41) is 5.92. The summed E-state index contributed by atoms with van der Waals surface area (Å²) >= 11 is 0. The molecule has 0 aromatic rings. The first-order valence-corrected chi connectivity index (χ1v) is 5.75. The predicted octanol–water partition coefficient (Wildman–Crippen LogP) is 1.21. The molecule has 4 nitrogen and oxygen atoms in total. The number of amides is 2. The van der Waals surface area contributed by atoms with Crippen molar-refractivity contribution >= 4 is 6.03 Å². The number of nitrogens with two attached hydrogens (primary N) is 1. The summed E-state index contributed by atoms with van der Waals surface area (Å²) in [6.45, 7) is 6.85. The van der Waals surface area contributed by atoms with E-state index in [-0.39, 0.29) is 11.6 Å². The number of nitrogens with one attached hydrogen (secondary N) is 2. The van der Waals surface area contributed by atoms with Gasteiger partial charge in [-0.25, -0.2) is 4.79 Å². The molecule has 0 bridgehead atoms. The number of carbonyl (C=O) groups excluding carboxylic acids is 1. The number of carbonyl (C=O) groups is 1. The Kier molecular flexibility index (Phi) is 3.97. The number of hydrogen-bond donors (Lipinski definition) is 3. The van der Waals surface area contributed by atoms with Crippen LogP contribution in [0.2, 0.25) is 0 Å². The molecule has 2 amide bonds. The van der Waals surface area contributed by atoms with E-state index < -0.39 is 0 Å². The highest BCUT2D eigenvalue weighted by Crippen LogP contribution is 2.25. The summed E-state index contributed by atoms with van der Waals surface area (Å²) in [6, 6.07) is 0.272. The highest BCUT2D eigenvalue weighted by atomic mass is 16.2. The van der Waals surface area contributed by atoms with E-state index in [1.807, 2.05) is 13.8 Å². The topological polar surface area (TPSA) is 67.2 Å². The van der Waals surface area contributed by atoms with Gasteiger partial charge in [0.15, 0.2) is 0 Å². The zero-order valence-corrected chi connectivity index (χ0v) is 9.97. The fourth-order valence-electron chi connectivity index (χ4n) is 1.66. The van der Waals surface area contributed by atoms with Gasteiger partial charge < -0.3 is 16.4 Å². The van der Waals surface area contributed by atoms with Gasteiger partial charge in [-0.2, -0.15) is 0 Å². The largest absolute Gasteiger partial charge is 0.335 e. The van der Waals surface area contributed by atoms with Crippen molar-refractivity contribution in [3.05, 3.63) is 0 Å². The molecule has 0 radical (unpaired) electrons. The fourth-order valence-corrected chi connectivity index (χ4v) is 1.66. The van der Waals surface area contributed by atoms with Gasteiger partial charge in [-0.15, -0.1) is 0 Å². The summed E-state index contributed by atoms with van der Waals surface area (Å²) in [6.07, 6.45) is 2.98. The van der Waals surface area contributed by atoms with Gasteiger partial charge in [0.2, 0.25) is 0 Å². The molecule has 15 heavy (non-hydrogen) atoms. The van der Waals surface area contributed by atoms with Crippen LogP contribution in [0.3, 0.4) is 0 Å². The minimum atomic E-state index is -0.124. The molecule has 1 aliphatic rings. The third kappa shape index (κ3) is 3.70. The summed E-state index contributed by atoms with van der Waals surface area (Å²) in [4.78, 5) is 11.6. The molecule has 0 aliphatic heterocycles. The van der Waals surface area contributed by atoms with Crippen LogP contribution in [0.25, 0.3) is 0 Å². The SMILES string of the molecule is CCC(C)(C)NC(=O)NC1CC(CN)C1. The second-order valence-corrected chi connectivity index (χ2v) is 5.11. The Morgan fingerprint density at radius 3 is 2.53 bits per heavy atom. The molecular weight excluding hydrogens is 190 g/mol. The highest BCUT2D eigenvalue weighted by molar-refractivity contribution is 5.75. The van der Waals surface area contributed by atoms with E-state index in [2.05, 4.69) is 17.6 Å². The lowest BCUT2D eigenvalue weighted by molar-refractivity contribution is 0.197. The first-order chi connectivity index (χ1) is 6.96. The van der Waals surface area contributed by atoms with Crippen LogP contribution < -0.4 is 16.4 Å². The van der Waals surface area contributed by atoms with Gasteiger partial charge in [-0.1, -0.05) is 6.92 Å². The smallest absolute Gasteiger partial charge is 0.315 e. The summed E-state index contributed by atoms with van der Waals surface area (Å²) in [7, 11) is 0. The first-order valence-electron chi connectivity index (χ1n) is 5.75. The van der Waals surface area contributed by atoms with Crippen LogP contribution in [0.4, 0.5) is 4.79 Å². The van der Waals surface area contributed by atoms with Gasteiger partial charge in [-0.3, -0.25) is 0 Å². The van der Waals surface area contributed by atoms with Crippen LogP contribution in [0.15, 0.2) is 0 Å². The van der Waals surface area contributed by atoms with Gasteiger partial charge in [0.25, 0.3) is 0 Å². The molecule has 0 aromatic carbocycles. The molecule has 88 valence electrons. The van der Waals surface area contributed by atoms with Crippen LogP contribution in [-0.2, 0) is 0 Å². The molecule has 0 saturated heterocycles. The Balaban J connectivity index is 2.20. The van der Waals surface area contributed by atoms with E-state index in [1.165, 1.54) is 0 Å². The molecule has 1 rings (SSSR count). The molecule has 0 unspecified atom stereocenters. The monoisotopic (exact) mass is 213 g/mol. The second-order valence-electron chi connectivity index (χ2n) is 5.11. The molecule has 0 heterocycles. The average molecular weight is 213 g/mol. The van der Waals surface area contributed by atoms with Crippen LogP contribution in [0.5, 0.6) is 0 Å². The van der Waals surface area contributed by atoms with E-state index in [9.17, 15) is 4.79 Å². The van der Waals surface area contributed by atoms with E-state index in [4.69, 9.17) is 5.73 Å². The Morgan fingerprint density at radius 2 is 2.07 bits per heavy atom. The number of rotatable bonds is 4. The van der Waals surface area contributed by atoms with Crippen molar-refractivity contribution in [2.24, 2.45) is 11.7 Å². The van der Waals surface area contributed by atoms with Gasteiger partial charge in [0.1, 0.15) is 0 Å². The summed E-state index contributed by atoms with van der Waals surface area (Å²) < 4.78 is 0. The van der Waals surface area contributed by atoms with Gasteiger partial charge >= 0.3 is 6.03 Å². The van der Waals surface area contributed by atoms with E-state index in [0.717, 1.165) is 25.8 Å². The standard InChI is InChI=1S/C11H23N3O/c1-4-11(2,3)14-10(15)13-9-5-8(6-9)7-12/h8-9H,4-7,12H2,1-3H3,(H2,13,14,15). The summed E-state index contributed by atoms with van der Waals surface area (Å²) in [5.74, 6) is 0.606. The minimum Gasteiger partial charge on any atom is -0.335 e. The molecule has 4 heteroatoms. The number of hydrogen-bond acceptors (Lipinski definition) is 2. The zero-order valence-electron chi connectivity index (χ0n) is 9.97. The molecule has 4 N–H and O–H groups in total. The molecule has 1 fully saturated rings. The Morgan fingerprint density at radius 1 is 1.47 bits per heavy atom. The summed E-state index contributed by atoms with van der Waals surface area (Å²) in [5.41, 5.74) is 5.40. The quantitative estimate of drug-likeness (QED) is 0.657. The van der Waals surface area contributed by atoms with Crippen molar-refractivity contribution in [1.29, 1.82) is 0 Å². The van der Waals surface area contributed by atoms with E-state index >= 15 is 0 Å². The van der Waals surface area contributed by atoms with Crippen molar-refractivity contribution in [3.63, 3.8) is 0 Å². The lowest BCUT2D eigenvalue weighted by Crippen LogP contribution is -2.54. The maximum atomic E-state index is 11.6. The van der Waals surface area contributed by atoms with Crippen molar-refractivity contribution in [3.8, 4) is 0 Å². The lowest BCUT2D eigenvalue weighted by atomic mass is 9.80. The average Bonchev–Trinajstić information content (AvgIpc) is 2.10. The van der Waals surface area contributed by atoms with Gasteiger partial charge in [-0.05, 0) is 45.6 Å². The Labute approximate surface area is 92.0 Å². The second kappa shape index (κ2) is 4.84. The Bertz CT molecular complexity index is 222. The molecular formula is C11H23N3O. The molecule has 1 saturated carbocycles. The van der Waals surface area contributed by atoms with E-state index in [1.54, 1.807) is 0 Å². The van der Waals surface area contributed by atoms with Crippen molar-refractivity contribution in [1.82, 2.24) is 10.6 Å². The molecule has 1 aliphatic carbocycles. The number of urea groups is 1. The van der Waals surface area contributed by atoms with Crippen molar-refractivity contribution < 1.29 is 4.79 Å². The van der Waals surface area contributed by atoms with Crippen molar-refractivity contribution in [2.45, 2.75) is 51.6 Å². The third-order valence-electron chi connectivity index (χ3n) is 3.24. The molecule has 0 aromatic heterocycles.